The lowest BCUT2D eigenvalue weighted by Crippen LogP contribution is -2.42. The molecule has 0 radical (unpaired) electrons. The van der Waals surface area contributed by atoms with Crippen molar-refractivity contribution in [3.8, 4) is 11.6 Å². The molecule has 0 bridgehead atoms. The van der Waals surface area contributed by atoms with Gasteiger partial charge >= 0.3 is 0 Å². The van der Waals surface area contributed by atoms with E-state index < -0.39 is 0 Å². The Hall–Kier alpha value is -2.86. The molecule has 1 fully saturated rings. The molecule has 144 valence electrons. The Morgan fingerprint density at radius 1 is 1.18 bits per heavy atom. The van der Waals surface area contributed by atoms with Crippen LogP contribution in [-0.4, -0.2) is 47.3 Å². The number of fused-ring (bicyclic) bond motifs is 1. The average Bonchev–Trinajstić information content (AvgIpc) is 2.74. The van der Waals surface area contributed by atoms with Crippen molar-refractivity contribution in [1.82, 2.24) is 15.1 Å². The molecule has 2 aromatic carbocycles. The van der Waals surface area contributed by atoms with Crippen molar-refractivity contribution in [3.05, 3.63) is 59.2 Å². The van der Waals surface area contributed by atoms with Crippen molar-refractivity contribution >= 4 is 28.3 Å². The molecule has 28 heavy (non-hydrogen) atoms. The molecule has 1 aliphatic heterocycles. The standard InChI is InChI=1S/C21H20ClN3O3/c1-27-19-7-6-15(22)12-18(19)21(26)25-10-8-16(9-11-25)28-20-17-5-3-2-4-14(17)13-23-24-20/h2-7,12-13,16H,8-11H2,1H3. The average molecular weight is 398 g/mol. The Morgan fingerprint density at radius 3 is 2.75 bits per heavy atom. The minimum Gasteiger partial charge on any atom is -0.496 e. The van der Waals surface area contributed by atoms with Crippen molar-refractivity contribution in [2.75, 3.05) is 20.2 Å². The number of ether oxygens (including phenoxy) is 2. The summed E-state index contributed by atoms with van der Waals surface area (Å²) in [5.74, 6) is 0.987. The van der Waals surface area contributed by atoms with E-state index in [2.05, 4.69) is 10.2 Å². The van der Waals surface area contributed by atoms with Crippen LogP contribution in [-0.2, 0) is 0 Å². The van der Waals surface area contributed by atoms with Crippen LogP contribution in [0.2, 0.25) is 5.02 Å². The van der Waals surface area contributed by atoms with Gasteiger partial charge in [-0.1, -0.05) is 29.8 Å². The first-order chi connectivity index (χ1) is 13.7. The first-order valence-electron chi connectivity index (χ1n) is 9.15. The second kappa shape index (κ2) is 8.02. The van der Waals surface area contributed by atoms with Gasteiger partial charge < -0.3 is 14.4 Å². The molecule has 4 rings (SSSR count). The zero-order valence-corrected chi connectivity index (χ0v) is 16.2. The number of hydrogen-bond donors (Lipinski definition) is 0. The lowest BCUT2D eigenvalue weighted by atomic mass is 10.1. The number of carbonyl (C=O) groups excluding carboxylic acids is 1. The summed E-state index contributed by atoms with van der Waals surface area (Å²) >= 11 is 6.06. The molecule has 0 spiro atoms. The number of amides is 1. The van der Waals surface area contributed by atoms with Crippen molar-refractivity contribution < 1.29 is 14.3 Å². The number of piperidine rings is 1. The predicted molar refractivity (Wildman–Crippen MR) is 107 cm³/mol. The Morgan fingerprint density at radius 2 is 1.96 bits per heavy atom. The van der Waals surface area contributed by atoms with Crippen LogP contribution >= 0.6 is 11.6 Å². The van der Waals surface area contributed by atoms with Crippen molar-refractivity contribution in [2.45, 2.75) is 18.9 Å². The van der Waals surface area contributed by atoms with E-state index in [9.17, 15) is 4.79 Å². The maximum atomic E-state index is 12.9. The molecule has 0 aliphatic carbocycles. The minimum atomic E-state index is -0.0808. The molecule has 7 heteroatoms. The third-order valence-electron chi connectivity index (χ3n) is 4.94. The van der Waals surface area contributed by atoms with Crippen molar-refractivity contribution in [1.29, 1.82) is 0 Å². The van der Waals surface area contributed by atoms with Crippen LogP contribution < -0.4 is 9.47 Å². The quantitative estimate of drug-likeness (QED) is 0.666. The summed E-state index contributed by atoms with van der Waals surface area (Å²) in [6.45, 7) is 1.19. The van der Waals surface area contributed by atoms with Crippen molar-refractivity contribution in [3.63, 3.8) is 0 Å². The molecule has 2 heterocycles. The molecule has 0 saturated carbocycles. The van der Waals surface area contributed by atoms with Gasteiger partial charge in [-0.25, -0.2) is 0 Å². The van der Waals surface area contributed by atoms with Gasteiger partial charge in [0, 0.05) is 41.7 Å². The maximum absolute atomic E-state index is 12.9. The molecule has 1 aromatic heterocycles. The fourth-order valence-corrected chi connectivity index (χ4v) is 3.61. The minimum absolute atomic E-state index is 0.00888. The normalized spacial score (nSPS) is 14.9. The van der Waals surface area contributed by atoms with Crippen LogP contribution in [0.15, 0.2) is 48.7 Å². The Kier molecular flexibility index (Phi) is 5.30. The number of benzene rings is 2. The third-order valence-corrected chi connectivity index (χ3v) is 5.17. The number of aromatic nitrogens is 2. The lowest BCUT2D eigenvalue weighted by Gasteiger charge is -2.32. The van der Waals surface area contributed by atoms with Gasteiger partial charge in [0.05, 0.1) is 18.9 Å². The summed E-state index contributed by atoms with van der Waals surface area (Å²) in [4.78, 5) is 14.7. The molecule has 0 atom stereocenters. The summed E-state index contributed by atoms with van der Waals surface area (Å²) in [5, 5.41) is 10.6. The fourth-order valence-electron chi connectivity index (χ4n) is 3.44. The molecule has 3 aromatic rings. The van der Waals surface area contributed by atoms with Crippen LogP contribution in [0.3, 0.4) is 0 Å². The highest BCUT2D eigenvalue weighted by molar-refractivity contribution is 6.31. The lowest BCUT2D eigenvalue weighted by molar-refractivity contribution is 0.0586. The van der Waals surface area contributed by atoms with Crippen LogP contribution in [0.1, 0.15) is 23.2 Å². The predicted octanol–water partition coefficient (Wildman–Crippen LogP) is 3.98. The first kappa shape index (κ1) is 18.5. The van der Waals surface area contributed by atoms with E-state index >= 15 is 0 Å². The summed E-state index contributed by atoms with van der Waals surface area (Å²) in [6, 6.07) is 12.9. The molecule has 1 aliphatic rings. The molecule has 1 saturated heterocycles. The number of carbonyl (C=O) groups is 1. The van der Waals surface area contributed by atoms with Gasteiger partial charge in [-0.3, -0.25) is 4.79 Å². The Bertz CT molecular complexity index is 998. The van der Waals surface area contributed by atoms with E-state index in [0.29, 0.717) is 35.3 Å². The van der Waals surface area contributed by atoms with Gasteiger partial charge in [-0.2, -0.15) is 5.10 Å². The number of nitrogens with zero attached hydrogens (tertiary/aromatic N) is 3. The summed E-state index contributed by atoms with van der Waals surface area (Å²) in [5.41, 5.74) is 0.481. The molecule has 0 N–H and O–H groups in total. The highest BCUT2D eigenvalue weighted by Crippen LogP contribution is 2.27. The highest BCUT2D eigenvalue weighted by Gasteiger charge is 2.27. The molecule has 1 amide bonds. The fraction of sp³-hybridized carbons (Fsp3) is 0.286. The van der Waals surface area contributed by atoms with Crippen molar-refractivity contribution in [2.24, 2.45) is 0 Å². The molecular formula is C21H20ClN3O3. The topological polar surface area (TPSA) is 64.5 Å². The number of halogens is 1. The number of methoxy groups -OCH3 is 1. The van der Waals surface area contributed by atoms with E-state index in [1.807, 2.05) is 29.2 Å². The highest BCUT2D eigenvalue weighted by atomic mass is 35.5. The third kappa shape index (κ3) is 3.73. The van der Waals surface area contributed by atoms with Gasteiger partial charge in [0.1, 0.15) is 11.9 Å². The monoisotopic (exact) mass is 397 g/mol. The Labute approximate surface area is 168 Å². The van der Waals surface area contributed by atoms with Gasteiger partial charge in [-0.05, 0) is 24.3 Å². The molecule has 0 unspecified atom stereocenters. The van der Waals surface area contributed by atoms with Crippen LogP contribution in [0.4, 0.5) is 0 Å². The van der Waals surface area contributed by atoms with Gasteiger partial charge in [-0.15, -0.1) is 5.10 Å². The number of hydrogen-bond acceptors (Lipinski definition) is 5. The summed E-state index contributed by atoms with van der Waals surface area (Å²) < 4.78 is 11.4. The second-order valence-corrected chi connectivity index (χ2v) is 7.13. The van der Waals surface area contributed by atoms with E-state index in [0.717, 1.165) is 23.6 Å². The SMILES string of the molecule is COc1ccc(Cl)cc1C(=O)N1CCC(Oc2nncc3ccccc23)CC1. The van der Waals surface area contributed by atoms with E-state index in [1.165, 1.54) is 0 Å². The summed E-state index contributed by atoms with van der Waals surface area (Å²) in [6.07, 6.45) is 3.16. The van der Waals surface area contributed by atoms with E-state index in [4.69, 9.17) is 21.1 Å². The zero-order valence-electron chi connectivity index (χ0n) is 15.5. The Balaban J connectivity index is 1.43. The van der Waals surface area contributed by atoms with Crippen LogP contribution in [0, 0.1) is 0 Å². The molecular weight excluding hydrogens is 378 g/mol. The van der Waals surface area contributed by atoms with E-state index in [1.54, 1.807) is 31.5 Å². The number of rotatable bonds is 4. The largest absolute Gasteiger partial charge is 0.496 e. The summed E-state index contributed by atoms with van der Waals surface area (Å²) in [7, 11) is 1.55. The van der Waals surface area contributed by atoms with Gasteiger partial charge in [0.15, 0.2) is 0 Å². The number of likely N-dealkylation sites (tertiary alicyclic amines) is 1. The first-order valence-corrected chi connectivity index (χ1v) is 9.53. The van der Waals surface area contributed by atoms with E-state index in [-0.39, 0.29) is 12.0 Å². The van der Waals surface area contributed by atoms with Crippen LogP contribution in [0.5, 0.6) is 11.6 Å². The molecule has 6 nitrogen and oxygen atoms in total. The second-order valence-electron chi connectivity index (χ2n) is 6.69. The van der Waals surface area contributed by atoms with Crippen LogP contribution in [0.25, 0.3) is 10.8 Å². The smallest absolute Gasteiger partial charge is 0.257 e. The maximum Gasteiger partial charge on any atom is 0.257 e. The van der Waals surface area contributed by atoms with Gasteiger partial charge in [0.25, 0.3) is 5.91 Å². The van der Waals surface area contributed by atoms with Gasteiger partial charge in [0.2, 0.25) is 5.88 Å². The zero-order chi connectivity index (χ0) is 19.5.